The Morgan fingerprint density at radius 2 is 1.63 bits per heavy atom. The highest BCUT2D eigenvalue weighted by atomic mass is 16.5. The van der Waals surface area contributed by atoms with Gasteiger partial charge in [-0.3, -0.25) is 4.79 Å². The van der Waals surface area contributed by atoms with E-state index in [1.807, 2.05) is 42.5 Å². The Bertz CT molecular complexity index is 552. The second-order valence-electron chi connectivity index (χ2n) is 4.81. The third-order valence-electron chi connectivity index (χ3n) is 3.50. The van der Waals surface area contributed by atoms with Crippen LogP contribution in [0.25, 0.3) is 11.1 Å². The largest absolute Gasteiger partial charge is 0.370 e. The highest BCUT2D eigenvalue weighted by Gasteiger charge is 2.24. The van der Waals surface area contributed by atoms with Crippen molar-refractivity contribution < 1.29 is 9.53 Å². The molecule has 2 nitrogen and oxygen atoms in total. The molecule has 96 valence electrons. The van der Waals surface area contributed by atoms with Crippen LogP contribution in [0.15, 0.2) is 54.6 Å². The number of Topliss-reactive ketones (excluding diaryl/α,β-unsaturated/α-hetero) is 1. The Morgan fingerprint density at radius 1 is 0.947 bits per heavy atom. The van der Waals surface area contributed by atoms with E-state index in [0.717, 1.165) is 24.0 Å². The molecule has 2 heteroatoms. The number of rotatable bonds is 3. The Kier molecular flexibility index (Phi) is 3.43. The maximum Gasteiger partial charge on any atom is 0.191 e. The van der Waals surface area contributed by atoms with Gasteiger partial charge in [-0.2, -0.15) is 0 Å². The van der Waals surface area contributed by atoms with Gasteiger partial charge in [-0.1, -0.05) is 54.6 Å². The van der Waals surface area contributed by atoms with Gasteiger partial charge in [0.1, 0.15) is 6.10 Å². The molecule has 0 radical (unpaired) electrons. The SMILES string of the molecule is O=C(c1ccc(-c2ccccc2)cc1)[C@@H]1CCCO1. The third kappa shape index (κ3) is 2.59. The van der Waals surface area contributed by atoms with Crippen molar-refractivity contribution in [2.75, 3.05) is 6.61 Å². The second kappa shape index (κ2) is 5.37. The van der Waals surface area contributed by atoms with Gasteiger partial charge in [0.05, 0.1) is 0 Å². The van der Waals surface area contributed by atoms with Gasteiger partial charge in [-0.15, -0.1) is 0 Å². The van der Waals surface area contributed by atoms with Crippen LogP contribution in [0.3, 0.4) is 0 Å². The monoisotopic (exact) mass is 252 g/mol. The van der Waals surface area contributed by atoms with Gasteiger partial charge in [0.15, 0.2) is 5.78 Å². The number of carbonyl (C=O) groups excluding carboxylic acids is 1. The summed E-state index contributed by atoms with van der Waals surface area (Å²) in [6.07, 6.45) is 1.60. The summed E-state index contributed by atoms with van der Waals surface area (Å²) in [5.41, 5.74) is 3.04. The summed E-state index contributed by atoms with van der Waals surface area (Å²) < 4.78 is 5.43. The van der Waals surface area contributed by atoms with Gasteiger partial charge >= 0.3 is 0 Å². The van der Waals surface area contributed by atoms with E-state index in [0.29, 0.717) is 6.61 Å². The average molecular weight is 252 g/mol. The van der Waals surface area contributed by atoms with Crippen molar-refractivity contribution >= 4 is 5.78 Å². The van der Waals surface area contributed by atoms with E-state index in [1.165, 1.54) is 5.56 Å². The maximum absolute atomic E-state index is 12.2. The minimum absolute atomic E-state index is 0.108. The summed E-state index contributed by atoms with van der Waals surface area (Å²) in [5.74, 6) is 0.108. The van der Waals surface area contributed by atoms with E-state index in [1.54, 1.807) is 0 Å². The van der Waals surface area contributed by atoms with E-state index < -0.39 is 0 Å². The van der Waals surface area contributed by atoms with E-state index in [2.05, 4.69) is 12.1 Å². The lowest BCUT2D eigenvalue weighted by Gasteiger charge is -2.09. The van der Waals surface area contributed by atoms with Crippen LogP contribution in [0, 0.1) is 0 Å². The van der Waals surface area contributed by atoms with Crippen molar-refractivity contribution in [2.45, 2.75) is 18.9 Å². The Labute approximate surface area is 113 Å². The zero-order valence-corrected chi connectivity index (χ0v) is 10.7. The molecule has 0 saturated carbocycles. The Balaban J connectivity index is 1.81. The highest BCUT2D eigenvalue weighted by molar-refractivity contribution is 5.99. The summed E-state index contributed by atoms with van der Waals surface area (Å²) in [6.45, 7) is 0.707. The number of ketones is 1. The summed E-state index contributed by atoms with van der Waals surface area (Å²) >= 11 is 0. The van der Waals surface area contributed by atoms with Crippen LogP contribution >= 0.6 is 0 Å². The molecule has 19 heavy (non-hydrogen) atoms. The first-order chi connectivity index (χ1) is 9.34. The lowest BCUT2D eigenvalue weighted by molar-refractivity contribution is 0.0643. The Hall–Kier alpha value is -1.93. The van der Waals surface area contributed by atoms with Crippen LogP contribution in [0.2, 0.25) is 0 Å². The molecule has 0 bridgehead atoms. The minimum Gasteiger partial charge on any atom is -0.370 e. The van der Waals surface area contributed by atoms with E-state index in [9.17, 15) is 4.79 Å². The molecule has 0 aromatic heterocycles. The molecule has 0 N–H and O–H groups in total. The molecule has 1 saturated heterocycles. The maximum atomic E-state index is 12.2. The standard InChI is InChI=1S/C17H16O2/c18-17(16-7-4-12-19-16)15-10-8-14(9-11-15)13-5-2-1-3-6-13/h1-3,5-6,8-11,16H,4,7,12H2/t16-/m0/s1. The number of ether oxygens (including phenoxy) is 1. The predicted octanol–water partition coefficient (Wildman–Crippen LogP) is 3.72. The van der Waals surface area contributed by atoms with Gasteiger partial charge in [-0.25, -0.2) is 0 Å². The topological polar surface area (TPSA) is 26.3 Å². The molecular weight excluding hydrogens is 236 g/mol. The summed E-state index contributed by atoms with van der Waals surface area (Å²) in [4.78, 5) is 12.2. The molecule has 2 aromatic carbocycles. The molecule has 0 aliphatic carbocycles. The molecule has 1 fully saturated rings. The Morgan fingerprint density at radius 3 is 2.26 bits per heavy atom. The molecule has 0 spiro atoms. The third-order valence-corrected chi connectivity index (χ3v) is 3.50. The molecule has 1 heterocycles. The smallest absolute Gasteiger partial charge is 0.191 e. The van der Waals surface area contributed by atoms with Crippen LogP contribution in [-0.4, -0.2) is 18.5 Å². The molecule has 1 aliphatic heterocycles. The van der Waals surface area contributed by atoms with Gasteiger partial charge in [0.25, 0.3) is 0 Å². The summed E-state index contributed by atoms with van der Waals surface area (Å²) in [6, 6.07) is 17.9. The van der Waals surface area contributed by atoms with Crippen molar-refractivity contribution in [1.29, 1.82) is 0 Å². The van der Waals surface area contributed by atoms with Crippen molar-refractivity contribution in [3.63, 3.8) is 0 Å². The summed E-state index contributed by atoms with van der Waals surface area (Å²) in [5, 5.41) is 0. The van der Waals surface area contributed by atoms with Gasteiger partial charge < -0.3 is 4.74 Å². The van der Waals surface area contributed by atoms with Crippen molar-refractivity contribution in [2.24, 2.45) is 0 Å². The highest BCUT2D eigenvalue weighted by Crippen LogP contribution is 2.22. The van der Waals surface area contributed by atoms with Gasteiger partial charge in [-0.05, 0) is 24.0 Å². The predicted molar refractivity (Wildman–Crippen MR) is 75.2 cm³/mol. The minimum atomic E-state index is -0.234. The molecule has 0 unspecified atom stereocenters. The molecule has 3 rings (SSSR count). The van der Waals surface area contributed by atoms with E-state index in [-0.39, 0.29) is 11.9 Å². The van der Waals surface area contributed by atoms with E-state index >= 15 is 0 Å². The molecule has 1 atom stereocenters. The fraction of sp³-hybridized carbons (Fsp3) is 0.235. The zero-order chi connectivity index (χ0) is 13.1. The molecule has 1 aliphatic rings. The lowest BCUT2D eigenvalue weighted by Crippen LogP contribution is -2.19. The number of benzene rings is 2. The number of hydrogen-bond donors (Lipinski definition) is 0. The molecule has 0 amide bonds. The van der Waals surface area contributed by atoms with Crippen molar-refractivity contribution in [3.8, 4) is 11.1 Å². The number of hydrogen-bond acceptors (Lipinski definition) is 2. The average Bonchev–Trinajstić information content (AvgIpc) is 3.02. The zero-order valence-electron chi connectivity index (χ0n) is 10.7. The summed E-state index contributed by atoms with van der Waals surface area (Å²) in [7, 11) is 0. The van der Waals surface area contributed by atoms with Crippen LogP contribution in [0.4, 0.5) is 0 Å². The number of carbonyl (C=O) groups is 1. The van der Waals surface area contributed by atoms with Crippen molar-refractivity contribution in [3.05, 3.63) is 60.2 Å². The fourth-order valence-electron chi connectivity index (χ4n) is 2.43. The first-order valence-electron chi connectivity index (χ1n) is 6.66. The van der Waals surface area contributed by atoms with Crippen molar-refractivity contribution in [1.82, 2.24) is 0 Å². The van der Waals surface area contributed by atoms with E-state index in [4.69, 9.17) is 4.74 Å². The van der Waals surface area contributed by atoms with Crippen LogP contribution in [0.5, 0.6) is 0 Å². The van der Waals surface area contributed by atoms with Crippen LogP contribution in [0.1, 0.15) is 23.2 Å². The quantitative estimate of drug-likeness (QED) is 0.778. The van der Waals surface area contributed by atoms with Crippen LogP contribution in [-0.2, 0) is 4.74 Å². The fourth-order valence-corrected chi connectivity index (χ4v) is 2.43. The first kappa shape index (κ1) is 12.1. The molecule has 2 aromatic rings. The first-order valence-corrected chi connectivity index (χ1v) is 6.66. The second-order valence-corrected chi connectivity index (χ2v) is 4.81. The van der Waals surface area contributed by atoms with Gasteiger partial charge in [0.2, 0.25) is 0 Å². The van der Waals surface area contributed by atoms with Crippen LogP contribution < -0.4 is 0 Å². The normalized spacial score (nSPS) is 18.4. The lowest BCUT2D eigenvalue weighted by atomic mass is 10.00. The van der Waals surface area contributed by atoms with Gasteiger partial charge in [0, 0.05) is 12.2 Å². The molecular formula is C17H16O2.